The van der Waals surface area contributed by atoms with E-state index in [0.717, 1.165) is 27.9 Å². The van der Waals surface area contributed by atoms with Gasteiger partial charge in [-0.15, -0.1) is 0 Å². The molecule has 0 aliphatic carbocycles. The van der Waals surface area contributed by atoms with Crippen molar-refractivity contribution in [2.24, 2.45) is 0 Å². The number of β-lactam (4-membered cyclic amide) rings is 1. The predicted octanol–water partition coefficient (Wildman–Crippen LogP) is 6.64. The zero-order chi connectivity index (χ0) is 20.6. The Morgan fingerprint density at radius 3 is 2.07 bits per heavy atom. The Kier molecular flexibility index (Phi) is 5.04. The Labute approximate surface area is 174 Å². The second-order valence-electron chi connectivity index (χ2n) is 6.68. The third kappa shape index (κ3) is 3.85. The molecule has 3 aromatic carbocycles. The summed E-state index contributed by atoms with van der Waals surface area (Å²) in [5.41, 5.74) is 2.08. The zero-order valence-corrected chi connectivity index (χ0v) is 16.6. The summed E-state index contributed by atoms with van der Waals surface area (Å²) in [6.45, 7) is 0. The van der Waals surface area contributed by atoms with Gasteiger partial charge < -0.3 is 0 Å². The molecule has 3 aromatic rings. The summed E-state index contributed by atoms with van der Waals surface area (Å²) < 4.78 is 39.3. The van der Waals surface area contributed by atoms with Crippen LogP contribution in [0, 0.1) is 0 Å². The molecule has 1 saturated heterocycles. The van der Waals surface area contributed by atoms with Gasteiger partial charge in [0.1, 0.15) is 0 Å². The molecule has 1 unspecified atom stereocenters. The molecule has 1 fully saturated rings. The number of anilines is 1. The van der Waals surface area contributed by atoms with E-state index in [2.05, 4.69) is 15.9 Å². The first-order valence-electron chi connectivity index (χ1n) is 8.87. The number of hydrogen-bond acceptors (Lipinski definition) is 1. The van der Waals surface area contributed by atoms with Gasteiger partial charge in [-0.3, -0.25) is 9.69 Å². The van der Waals surface area contributed by atoms with E-state index in [1.807, 2.05) is 54.6 Å². The van der Waals surface area contributed by atoms with Crippen LogP contribution in [0.3, 0.4) is 0 Å². The Morgan fingerprint density at radius 1 is 0.862 bits per heavy atom. The minimum absolute atomic E-state index is 0.166. The van der Waals surface area contributed by atoms with Crippen molar-refractivity contribution in [3.05, 3.63) is 106 Å². The van der Waals surface area contributed by atoms with E-state index in [1.54, 1.807) is 11.0 Å². The van der Waals surface area contributed by atoms with Gasteiger partial charge in [-0.05, 0) is 53.6 Å². The lowest BCUT2D eigenvalue weighted by molar-refractivity contribution is -0.137. The number of carbonyl (C=O) groups is 1. The van der Waals surface area contributed by atoms with Crippen LogP contribution < -0.4 is 4.90 Å². The molecule has 1 aliphatic heterocycles. The van der Waals surface area contributed by atoms with E-state index < -0.39 is 11.7 Å². The number of benzene rings is 3. The highest BCUT2D eigenvalue weighted by atomic mass is 79.9. The molecule has 1 atom stereocenters. The molecular weight excluding hydrogens is 443 g/mol. The topological polar surface area (TPSA) is 20.3 Å². The Bertz CT molecular complexity index is 1060. The molecular formula is C23H15BrF3NO. The van der Waals surface area contributed by atoms with Crippen molar-refractivity contribution in [1.29, 1.82) is 0 Å². The normalized spacial score (nSPS) is 18.1. The van der Waals surface area contributed by atoms with Crippen molar-refractivity contribution in [3.8, 4) is 0 Å². The smallest absolute Gasteiger partial charge is 0.297 e. The molecule has 1 amide bonds. The fraction of sp³-hybridized carbons (Fsp3) is 0.0870. The lowest BCUT2D eigenvalue weighted by Gasteiger charge is -2.43. The van der Waals surface area contributed by atoms with E-state index in [1.165, 1.54) is 12.1 Å². The monoisotopic (exact) mass is 457 g/mol. The Morgan fingerprint density at radius 2 is 1.48 bits per heavy atom. The predicted molar refractivity (Wildman–Crippen MR) is 110 cm³/mol. The number of alkyl halides is 3. The van der Waals surface area contributed by atoms with E-state index in [0.29, 0.717) is 11.1 Å². The molecule has 1 aliphatic rings. The third-order valence-electron chi connectivity index (χ3n) is 4.80. The van der Waals surface area contributed by atoms with Crippen LogP contribution in [-0.4, -0.2) is 5.91 Å². The minimum atomic E-state index is -4.39. The molecule has 0 saturated carbocycles. The second kappa shape index (κ2) is 7.52. The molecule has 0 aromatic heterocycles. The van der Waals surface area contributed by atoms with E-state index in [9.17, 15) is 18.0 Å². The van der Waals surface area contributed by atoms with Crippen LogP contribution in [0.4, 0.5) is 18.9 Å². The van der Waals surface area contributed by atoms with Crippen molar-refractivity contribution in [2.45, 2.75) is 12.2 Å². The zero-order valence-electron chi connectivity index (χ0n) is 15.0. The largest absolute Gasteiger partial charge is 0.416 e. The first-order valence-corrected chi connectivity index (χ1v) is 9.67. The van der Waals surface area contributed by atoms with Gasteiger partial charge in [0.25, 0.3) is 5.91 Å². The molecule has 6 heteroatoms. The van der Waals surface area contributed by atoms with Crippen molar-refractivity contribution in [3.63, 3.8) is 0 Å². The van der Waals surface area contributed by atoms with Crippen molar-refractivity contribution in [2.75, 3.05) is 4.90 Å². The van der Waals surface area contributed by atoms with Crippen LogP contribution in [-0.2, 0) is 11.0 Å². The molecule has 0 spiro atoms. The molecule has 4 rings (SSSR count). The van der Waals surface area contributed by atoms with Gasteiger partial charge in [0.15, 0.2) is 0 Å². The first kappa shape index (κ1) is 19.5. The number of rotatable bonds is 3. The Balaban J connectivity index is 1.71. The van der Waals surface area contributed by atoms with Gasteiger partial charge in [0.2, 0.25) is 0 Å². The van der Waals surface area contributed by atoms with Crippen molar-refractivity contribution in [1.82, 2.24) is 0 Å². The van der Waals surface area contributed by atoms with Crippen molar-refractivity contribution < 1.29 is 18.0 Å². The van der Waals surface area contributed by atoms with Crippen LogP contribution in [0.2, 0.25) is 0 Å². The van der Waals surface area contributed by atoms with Gasteiger partial charge in [0, 0.05) is 15.7 Å². The highest BCUT2D eigenvalue weighted by Crippen LogP contribution is 2.44. The number of halogens is 4. The molecule has 0 N–H and O–H groups in total. The summed E-state index contributed by atoms with van der Waals surface area (Å²) in [7, 11) is 0. The van der Waals surface area contributed by atoms with E-state index in [4.69, 9.17) is 0 Å². The fourth-order valence-electron chi connectivity index (χ4n) is 3.37. The standard InChI is InChI=1S/C23H15BrF3NO/c24-18-10-12-19(13-11-18)28-21(16-4-2-1-3-5-16)20(22(28)29)14-15-6-8-17(9-7-15)23(25,26)27/h1-14,21H/b20-14+. The van der Waals surface area contributed by atoms with Gasteiger partial charge in [-0.2, -0.15) is 13.2 Å². The van der Waals surface area contributed by atoms with Gasteiger partial charge in [0.05, 0.1) is 11.6 Å². The summed E-state index contributed by atoms with van der Waals surface area (Å²) in [6, 6.07) is 21.5. The number of hydrogen-bond donors (Lipinski definition) is 0. The quantitative estimate of drug-likeness (QED) is 0.318. The summed E-state index contributed by atoms with van der Waals surface area (Å²) >= 11 is 3.39. The first-order chi connectivity index (χ1) is 13.8. The van der Waals surface area contributed by atoms with Crippen LogP contribution in [0.5, 0.6) is 0 Å². The average Bonchev–Trinajstić information content (AvgIpc) is 2.71. The molecule has 29 heavy (non-hydrogen) atoms. The second-order valence-corrected chi connectivity index (χ2v) is 7.60. The maximum absolute atomic E-state index is 12.9. The van der Waals surface area contributed by atoms with Crippen LogP contribution in [0.15, 0.2) is 88.9 Å². The summed E-state index contributed by atoms with van der Waals surface area (Å²) in [5.74, 6) is -0.166. The fourth-order valence-corrected chi connectivity index (χ4v) is 3.63. The lowest BCUT2D eigenvalue weighted by Crippen LogP contribution is -2.49. The van der Waals surface area contributed by atoms with Crippen LogP contribution in [0.25, 0.3) is 6.08 Å². The Hall–Kier alpha value is -2.86. The number of nitrogens with zero attached hydrogens (tertiary/aromatic N) is 1. The van der Waals surface area contributed by atoms with E-state index >= 15 is 0 Å². The van der Waals surface area contributed by atoms with E-state index in [-0.39, 0.29) is 11.9 Å². The van der Waals surface area contributed by atoms with Gasteiger partial charge in [-0.25, -0.2) is 0 Å². The van der Waals surface area contributed by atoms with Crippen molar-refractivity contribution >= 4 is 33.6 Å². The third-order valence-corrected chi connectivity index (χ3v) is 5.33. The van der Waals surface area contributed by atoms with Gasteiger partial charge >= 0.3 is 6.18 Å². The molecule has 146 valence electrons. The maximum atomic E-state index is 12.9. The minimum Gasteiger partial charge on any atom is -0.297 e. The highest BCUT2D eigenvalue weighted by molar-refractivity contribution is 9.10. The summed E-state index contributed by atoms with van der Waals surface area (Å²) in [4.78, 5) is 14.6. The van der Waals surface area contributed by atoms with Crippen LogP contribution >= 0.6 is 15.9 Å². The molecule has 2 nitrogen and oxygen atoms in total. The number of amides is 1. The van der Waals surface area contributed by atoms with Gasteiger partial charge in [-0.1, -0.05) is 58.4 Å². The lowest BCUT2D eigenvalue weighted by atomic mass is 9.86. The van der Waals surface area contributed by atoms with Crippen LogP contribution in [0.1, 0.15) is 22.7 Å². The average molecular weight is 458 g/mol. The molecule has 1 heterocycles. The highest BCUT2D eigenvalue weighted by Gasteiger charge is 2.43. The molecule has 0 radical (unpaired) electrons. The maximum Gasteiger partial charge on any atom is 0.416 e. The summed E-state index contributed by atoms with van der Waals surface area (Å²) in [6.07, 6.45) is -2.72. The number of carbonyl (C=O) groups excluding carboxylic acids is 1. The molecule has 0 bridgehead atoms. The SMILES string of the molecule is O=C1/C(=C/c2ccc(C(F)(F)F)cc2)C(c2ccccc2)N1c1ccc(Br)cc1. The summed E-state index contributed by atoms with van der Waals surface area (Å²) in [5, 5.41) is 0.